The van der Waals surface area contributed by atoms with Crippen LogP contribution in [0.1, 0.15) is 48.0 Å². The third-order valence-electron chi connectivity index (χ3n) is 9.90. The number of anilines is 2. The predicted molar refractivity (Wildman–Crippen MR) is 233 cm³/mol. The molecule has 65 heavy (non-hydrogen) atoms. The first kappa shape index (κ1) is 42.9. The number of nitriles is 2. The molecule has 16 nitrogen and oxygen atoms in total. The number of aromatic nitrogens is 12. The van der Waals surface area contributed by atoms with Crippen molar-refractivity contribution in [3.05, 3.63) is 144 Å². The lowest BCUT2D eigenvalue weighted by atomic mass is 9.99. The Hall–Kier alpha value is -8.75. The van der Waals surface area contributed by atoms with Crippen LogP contribution in [0.5, 0.6) is 0 Å². The number of nitrogen functional groups attached to an aromatic ring is 2. The second kappa shape index (κ2) is 17.9. The van der Waals surface area contributed by atoms with E-state index in [2.05, 4.69) is 50.2 Å². The number of nitrogens with two attached hydrogens (primary N) is 2. The molecule has 8 heterocycles. The van der Waals surface area contributed by atoms with Gasteiger partial charge in [0.25, 0.3) is 0 Å². The topological polar surface area (TPSA) is 249 Å². The number of hydrogen-bond acceptors (Lipinski definition) is 14. The monoisotopic (exact) mass is 892 g/mol. The van der Waals surface area contributed by atoms with Crippen molar-refractivity contribution >= 4 is 67.1 Å². The van der Waals surface area contributed by atoms with Gasteiger partial charge in [-0.25, -0.2) is 47.2 Å². The van der Waals surface area contributed by atoms with Gasteiger partial charge in [0.05, 0.1) is 57.0 Å². The molecule has 21 heteroatoms. The van der Waals surface area contributed by atoms with Crippen molar-refractivity contribution in [1.29, 1.82) is 10.5 Å². The molecule has 0 saturated heterocycles. The molecule has 0 spiro atoms. The second-order valence-corrected chi connectivity index (χ2v) is 14.8. The Labute approximate surface area is 369 Å². The number of alkyl halides is 1. The number of nitrogens with zero attached hydrogens (tertiary/aromatic N) is 13. The Morgan fingerprint density at radius 1 is 0.662 bits per heavy atom. The van der Waals surface area contributed by atoms with Gasteiger partial charge >= 0.3 is 0 Å². The molecule has 8 aromatic heterocycles. The van der Waals surface area contributed by atoms with Crippen LogP contribution in [-0.4, -0.2) is 59.8 Å². The van der Waals surface area contributed by atoms with Crippen molar-refractivity contribution in [3.63, 3.8) is 0 Å². The van der Waals surface area contributed by atoms with Crippen LogP contribution < -0.4 is 11.5 Å². The maximum atomic E-state index is 14.0. The van der Waals surface area contributed by atoms with E-state index >= 15 is 0 Å². The molecule has 2 atom stereocenters. The Morgan fingerprint density at radius 2 is 1.22 bits per heavy atom. The number of benzene rings is 2. The molecule has 10 aromatic rings. The number of halogens is 5. The Bertz CT molecular complexity index is 3530. The van der Waals surface area contributed by atoms with E-state index in [-0.39, 0.29) is 28.5 Å². The third-order valence-corrected chi connectivity index (χ3v) is 10.1. The van der Waals surface area contributed by atoms with Crippen LogP contribution in [-0.2, 0) is 0 Å². The van der Waals surface area contributed by atoms with E-state index in [9.17, 15) is 22.8 Å². The highest BCUT2D eigenvalue weighted by atomic mass is 35.5. The molecule has 320 valence electrons. The van der Waals surface area contributed by atoms with Crippen LogP contribution in [0.4, 0.5) is 29.2 Å². The Kier molecular flexibility index (Phi) is 11.8. The van der Waals surface area contributed by atoms with Crippen LogP contribution in [0.3, 0.4) is 0 Å². The van der Waals surface area contributed by atoms with E-state index in [1.54, 1.807) is 31.2 Å². The number of rotatable bonds is 5. The molecule has 0 fully saturated rings. The lowest BCUT2D eigenvalue weighted by Gasteiger charge is -2.18. The first-order chi connectivity index (χ1) is 31.3. The number of hydrogen-bond donors (Lipinski definition) is 3. The van der Waals surface area contributed by atoms with Gasteiger partial charge in [-0.05, 0) is 74.5 Å². The van der Waals surface area contributed by atoms with E-state index < -0.39 is 23.5 Å². The molecule has 2 unspecified atom stereocenters. The molecule has 0 aliphatic carbocycles. The van der Waals surface area contributed by atoms with Gasteiger partial charge in [0.2, 0.25) is 0 Å². The maximum Gasteiger partial charge on any atom is 0.187 e. The highest BCUT2D eigenvalue weighted by Gasteiger charge is 2.24. The van der Waals surface area contributed by atoms with Gasteiger partial charge in [-0.2, -0.15) is 20.7 Å². The Morgan fingerprint density at radius 3 is 1.77 bits per heavy atom. The minimum Gasteiger partial charge on any atom is -0.383 e. The fraction of sp³-hybridized carbons (Fsp3) is 0.0909. The van der Waals surface area contributed by atoms with Gasteiger partial charge in [0, 0.05) is 45.4 Å². The molecule has 0 saturated carbocycles. The molecular weight excluding hydrogens is 864 g/mol. The molecule has 0 aliphatic rings. The van der Waals surface area contributed by atoms with Crippen molar-refractivity contribution in [2.45, 2.75) is 25.3 Å². The zero-order valence-electron chi connectivity index (χ0n) is 33.8. The molecular formula is C44H29ClF4N16. The van der Waals surface area contributed by atoms with Gasteiger partial charge < -0.3 is 11.5 Å². The summed E-state index contributed by atoms with van der Waals surface area (Å²) in [5.74, 6) is -1.31. The zero-order valence-corrected chi connectivity index (χ0v) is 34.5. The minimum atomic E-state index is -0.540. The fourth-order valence-electron chi connectivity index (χ4n) is 6.95. The number of H-pyrrole nitrogens is 1. The average molecular weight is 893 g/mol. The summed E-state index contributed by atoms with van der Waals surface area (Å²) in [6, 6.07) is 18.1. The number of fused-ring (bicyclic) bond motifs is 4. The van der Waals surface area contributed by atoms with Crippen LogP contribution in [0, 0.1) is 45.9 Å². The van der Waals surface area contributed by atoms with Crippen molar-refractivity contribution in [3.8, 4) is 34.4 Å². The lowest BCUT2D eigenvalue weighted by molar-refractivity contribution is 0.566. The van der Waals surface area contributed by atoms with Crippen LogP contribution in [0.15, 0.2) is 98.1 Å². The average Bonchev–Trinajstić information content (AvgIpc) is 3.91. The number of pyridine rings is 4. The summed E-state index contributed by atoms with van der Waals surface area (Å²) < 4.78 is 56.1. The first-order valence-electron chi connectivity index (χ1n) is 19.1. The molecule has 0 amide bonds. The Balaban J connectivity index is 0.000000149. The standard InChI is InChI=1S/C22H14F2N8.C16H11ClF2N2.C6H4N6/c1-11(32-22-19(18(7-25)31-32)21(26)28-10-29-22)20-16(13-5-15(24)9-27-8-13)6-12-4-14(23)2-3-17(12)30-20;1-9(17)16-14(11-5-13(19)8-20-7-11)6-10-4-12(18)2-3-15(10)21-16;7-1-3-4-5(8)9-2-10-6(4)12-11-3/h2-6,8-11H,1H3,(H2,26,28,29);2-9H,1H3;2H,(H3,8,9,10,11,12). The van der Waals surface area contributed by atoms with Gasteiger partial charge in [-0.1, -0.05) is 0 Å². The maximum absolute atomic E-state index is 14.0. The van der Waals surface area contributed by atoms with E-state index in [1.165, 1.54) is 66.1 Å². The smallest absolute Gasteiger partial charge is 0.187 e. The van der Waals surface area contributed by atoms with Gasteiger partial charge in [0.1, 0.15) is 65.4 Å². The van der Waals surface area contributed by atoms with E-state index in [0.717, 1.165) is 12.4 Å². The van der Waals surface area contributed by atoms with Crippen molar-refractivity contribution in [2.75, 3.05) is 11.5 Å². The van der Waals surface area contributed by atoms with E-state index in [4.69, 9.17) is 33.3 Å². The van der Waals surface area contributed by atoms with Crippen molar-refractivity contribution < 1.29 is 17.6 Å². The summed E-state index contributed by atoms with van der Waals surface area (Å²) in [4.78, 5) is 32.7. The molecule has 10 rings (SSSR count). The van der Waals surface area contributed by atoms with Gasteiger partial charge in [-0.3, -0.25) is 20.1 Å². The highest BCUT2D eigenvalue weighted by molar-refractivity contribution is 6.21. The first-order valence-corrected chi connectivity index (χ1v) is 19.6. The summed E-state index contributed by atoms with van der Waals surface area (Å²) in [5.41, 5.74) is 17.2. The fourth-order valence-corrected chi connectivity index (χ4v) is 7.11. The quantitative estimate of drug-likeness (QED) is 0.108. The molecule has 0 radical (unpaired) electrons. The molecule has 0 bridgehead atoms. The molecule has 2 aromatic carbocycles. The normalized spacial score (nSPS) is 11.9. The van der Waals surface area contributed by atoms with E-state index in [0.29, 0.717) is 83.2 Å². The van der Waals surface area contributed by atoms with Crippen molar-refractivity contribution in [2.24, 2.45) is 0 Å². The summed E-state index contributed by atoms with van der Waals surface area (Å²) >= 11 is 6.18. The highest BCUT2D eigenvalue weighted by Crippen LogP contribution is 2.35. The SMILES string of the molecule is CC(Cl)c1nc2ccc(F)cc2cc1-c1cncc(F)c1.CC(c1nc2ccc(F)cc2cc1-c1cncc(F)c1)n1nc(C#N)c2c(N)ncnc21.N#Cc1[nH]nc2ncnc(N)c12. The van der Waals surface area contributed by atoms with Crippen LogP contribution >= 0.6 is 11.6 Å². The van der Waals surface area contributed by atoms with Crippen molar-refractivity contribution in [1.82, 2.24) is 59.8 Å². The van der Waals surface area contributed by atoms with Crippen LogP contribution in [0.2, 0.25) is 0 Å². The summed E-state index contributed by atoms with van der Waals surface area (Å²) in [6.45, 7) is 3.61. The summed E-state index contributed by atoms with van der Waals surface area (Å²) in [5, 5.41) is 30.4. The third kappa shape index (κ3) is 8.69. The molecule has 0 aliphatic heterocycles. The largest absolute Gasteiger partial charge is 0.383 e. The predicted octanol–water partition coefficient (Wildman–Crippen LogP) is 8.46. The summed E-state index contributed by atoms with van der Waals surface area (Å²) in [6.07, 6.45) is 7.86. The van der Waals surface area contributed by atoms with Gasteiger partial charge in [-0.15, -0.1) is 11.6 Å². The lowest BCUT2D eigenvalue weighted by Crippen LogP contribution is -2.13. The second-order valence-electron chi connectivity index (χ2n) is 14.1. The number of nitrogens with one attached hydrogen (secondary N) is 1. The summed E-state index contributed by atoms with van der Waals surface area (Å²) in [7, 11) is 0. The van der Waals surface area contributed by atoms with Gasteiger partial charge in [0.15, 0.2) is 17.0 Å². The zero-order chi connectivity index (χ0) is 45.9. The van der Waals surface area contributed by atoms with Crippen LogP contribution in [0.25, 0.3) is 66.1 Å². The molecule has 5 N–H and O–H groups in total. The minimum absolute atomic E-state index is 0.0850. The number of aromatic amines is 1. The van der Waals surface area contributed by atoms with E-state index in [1.807, 2.05) is 19.1 Å².